The second kappa shape index (κ2) is 7.40. The monoisotopic (exact) mass is 338 g/mol. The molecule has 132 valence electrons. The first kappa shape index (κ1) is 16.3. The van der Waals surface area contributed by atoms with Gasteiger partial charge in [-0.15, -0.1) is 0 Å². The number of aromatic amines is 1. The van der Waals surface area contributed by atoms with E-state index in [0.29, 0.717) is 19.1 Å². The molecule has 0 radical (unpaired) electrons. The Labute approximate surface area is 148 Å². The maximum absolute atomic E-state index is 5.66. The zero-order valence-corrected chi connectivity index (χ0v) is 14.9. The summed E-state index contributed by atoms with van der Waals surface area (Å²) in [7, 11) is 0. The fraction of sp³-hybridized carbons (Fsp3) is 0.500. The number of H-pyrrole nitrogens is 1. The van der Waals surface area contributed by atoms with E-state index in [0.717, 1.165) is 23.2 Å². The van der Waals surface area contributed by atoms with Crippen LogP contribution in [0.25, 0.3) is 16.8 Å². The van der Waals surface area contributed by atoms with Crippen LogP contribution in [-0.2, 0) is 11.2 Å². The molecule has 25 heavy (non-hydrogen) atoms. The summed E-state index contributed by atoms with van der Waals surface area (Å²) in [5.74, 6) is 0.607. The lowest BCUT2D eigenvalue weighted by Gasteiger charge is -2.19. The second-order valence-corrected chi connectivity index (χ2v) is 6.89. The molecular weight excluding hydrogens is 312 g/mol. The number of fused-ring (bicyclic) bond motifs is 3. The van der Waals surface area contributed by atoms with E-state index in [1.807, 2.05) is 25.3 Å². The largest absolute Gasteiger partial charge is 0.377 e. The number of rotatable bonds is 6. The lowest BCUT2D eigenvalue weighted by atomic mass is 9.87. The number of aromatic nitrogens is 4. The zero-order valence-electron chi connectivity index (χ0n) is 14.9. The van der Waals surface area contributed by atoms with Gasteiger partial charge in [0.25, 0.3) is 0 Å². The Hall–Kier alpha value is -2.14. The van der Waals surface area contributed by atoms with E-state index in [-0.39, 0.29) is 0 Å². The fourth-order valence-corrected chi connectivity index (χ4v) is 3.83. The molecular formula is C20H26N4O. The molecule has 1 fully saturated rings. The molecule has 0 amide bonds. The summed E-state index contributed by atoms with van der Waals surface area (Å²) in [4.78, 5) is 12.7. The summed E-state index contributed by atoms with van der Waals surface area (Å²) in [5, 5.41) is 0. The standard InChI is InChI=1S/C20H26N4O/c1-2-3-10-25-11-9-16-12-21-20-19(16)24-14-17(23-18(24)13-22-20)15-7-5-4-6-8-15/h2-3,12-15,21H,4-11H2,1H3/b3-2+. The van der Waals surface area contributed by atoms with Crippen molar-refractivity contribution in [3.63, 3.8) is 0 Å². The van der Waals surface area contributed by atoms with Gasteiger partial charge in [0.2, 0.25) is 0 Å². The highest BCUT2D eigenvalue weighted by Crippen LogP contribution is 2.32. The Bertz CT molecular complexity index is 870. The number of allylic oxidation sites excluding steroid dienone is 1. The molecule has 3 aromatic rings. The topological polar surface area (TPSA) is 55.2 Å². The van der Waals surface area contributed by atoms with Crippen molar-refractivity contribution in [3.05, 3.63) is 42.0 Å². The molecule has 5 heteroatoms. The number of hydrogen-bond donors (Lipinski definition) is 1. The molecule has 0 atom stereocenters. The van der Waals surface area contributed by atoms with Crippen LogP contribution in [-0.4, -0.2) is 32.6 Å². The van der Waals surface area contributed by atoms with Gasteiger partial charge in [-0.3, -0.25) is 4.40 Å². The number of nitrogens with zero attached hydrogens (tertiary/aromatic N) is 3. The molecule has 4 rings (SSSR count). The summed E-state index contributed by atoms with van der Waals surface area (Å²) in [6.45, 7) is 3.38. The predicted octanol–water partition coefficient (Wildman–Crippen LogP) is 4.39. The average Bonchev–Trinajstić information content (AvgIpc) is 3.26. The Morgan fingerprint density at radius 2 is 2.20 bits per heavy atom. The van der Waals surface area contributed by atoms with Crippen LogP contribution in [0.2, 0.25) is 0 Å². The van der Waals surface area contributed by atoms with Crippen LogP contribution in [0.15, 0.2) is 30.7 Å². The van der Waals surface area contributed by atoms with E-state index in [2.05, 4.69) is 26.8 Å². The van der Waals surface area contributed by atoms with Crippen molar-refractivity contribution in [2.24, 2.45) is 0 Å². The molecule has 0 bridgehead atoms. The number of ether oxygens (including phenoxy) is 1. The number of hydrogen-bond acceptors (Lipinski definition) is 3. The third-order valence-electron chi connectivity index (χ3n) is 5.20. The van der Waals surface area contributed by atoms with Gasteiger partial charge in [-0.1, -0.05) is 31.4 Å². The van der Waals surface area contributed by atoms with Crippen molar-refractivity contribution in [1.82, 2.24) is 19.4 Å². The lowest BCUT2D eigenvalue weighted by molar-refractivity contribution is 0.166. The molecule has 0 saturated heterocycles. The van der Waals surface area contributed by atoms with Crippen molar-refractivity contribution < 1.29 is 4.74 Å². The van der Waals surface area contributed by atoms with Crippen LogP contribution in [0, 0.1) is 0 Å². The van der Waals surface area contributed by atoms with Gasteiger partial charge in [-0.05, 0) is 31.7 Å². The molecule has 3 heterocycles. The molecule has 1 N–H and O–H groups in total. The number of imidazole rings is 1. The summed E-state index contributed by atoms with van der Waals surface area (Å²) in [5.41, 5.74) is 5.47. The Kier molecular flexibility index (Phi) is 4.83. The van der Waals surface area contributed by atoms with Crippen molar-refractivity contribution in [2.75, 3.05) is 13.2 Å². The Balaban J connectivity index is 1.62. The van der Waals surface area contributed by atoms with Crippen molar-refractivity contribution in [1.29, 1.82) is 0 Å². The zero-order chi connectivity index (χ0) is 17.1. The van der Waals surface area contributed by atoms with Crippen molar-refractivity contribution in [3.8, 4) is 0 Å². The van der Waals surface area contributed by atoms with Gasteiger partial charge in [-0.25, -0.2) is 9.97 Å². The lowest BCUT2D eigenvalue weighted by Crippen LogP contribution is -2.04. The third kappa shape index (κ3) is 3.33. The first-order chi connectivity index (χ1) is 12.4. The van der Waals surface area contributed by atoms with Crippen LogP contribution in [0.3, 0.4) is 0 Å². The minimum Gasteiger partial charge on any atom is -0.377 e. The molecule has 0 aromatic carbocycles. The van der Waals surface area contributed by atoms with Gasteiger partial charge < -0.3 is 9.72 Å². The summed E-state index contributed by atoms with van der Waals surface area (Å²) >= 11 is 0. The highest BCUT2D eigenvalue weighted by Gasteiger charge is 2.19. The van der Waals surface area contributed by atoms with E-state index >= 15 is 0 Å². The molecule has 0 spiro atoms. The van der Waals surface area contributed by atoms with Gasteiger partial charge >= 0.3 is 0 Å². The first-order valence-electron chi connectivity index (χ1n) is 9.39. The molecule has 0 unspecified atom stereocenters. The minimum absolute atomic E-state index is 0.607. The Morgan fingerprint density at radius 1 is 1.32 bits per heavy atom. The second-order valence-electron chi connectivity index (χ2n) is 6.89. The molecule has 1 aliphatic carbocycles. The first-order valence-corrected chi connectivity index (χ1v) is 9.39. The van der Waals surface area contributed by atoms with Gasteiger partial charge in [0, 0.05) is 18.3 Å². The number of nitrogens with one attached hydrogen (secondary N) is 1. The van der Waals surface area contributed by atoms with E-state index < -0.39 is 0 Å². The quantitative estimate of drug-likeness (QED) is 0.535. The predicted molar refractivity (Wildman–Crippen MR) is 100 cm³/mol. The van der Waals surface area contributed by atoms with Gasteiger partial charge in [0.05, 0.1) is 30.6 Å². The smallest absolute Gasteiger partial charge is 0.156 e. The van der Waals surface area contributed by atoms with Crippen LogP contribution < -0.4 is 0 Å². The van der Waals surface area contributed by atoms with Gasteiger partial charge in [0.1, 0.15) is 0 Å². The highest BCUT2D eigenvalue weighted by molar-refractivity contribution is 5.78. The van der Waals surface area contributed by atoms with Crippen LogP contribution >= 0.6 is 0 Å². The SMILES string of the molecule is C/C=C/COCCc1c[nH]c2ncc3nc(C4CCCCC4)cn3c12. The molecule has 3 aromatic heterocycles. The van der Waals surface area contributed by atoms with Crippen LogP contribution in [0.4, 0.5) is 0 Å². The molecule has 1 aliphatic rings. The molecule has 1 saturated carbocycles. The maximum atomic E-state index is 5.66. The average molecular weight is 338 g/mol. The Morgan fingerprint density at radius 3 is 3.04 bits per heavy atom. The molecule has 5 nitrogen and oxygen atoms in total. The van der Waals surface area contributed by atoms with Crippen molar-refractivity contribution >= 4 is 16.8 Å². The fourth-order valence-electron chi connectivity index (χ4n) is 3.83. The molecule has 0 aliphatic heterocycles. The van der Waals surface area contributed by atoms with E-state index in [1.165, 1.54) is 43.4 Å². The minimum atomic E-state index is 0.607. The van der Waals surface area contributed by atoms with Crippen LogP contribution in [0.5, 0.6) is 0 Å². The maximum Gasteiger partial charge on any atom is 0.156 e. The summed E-state index contributed by atoms with van der Waals surface area (Å²) < 4.78 is 7.88. The van der Waals surface area contributed by atoms with Crippen LogP contribution in [0.1, 0.15) is 56.2 Å². The van der Waals surface area contributed by atoms with E-state index in [1.54, 1.807) is 0 Å². The van der Waals surface area contributed by atoms with Crippen molar-refractivity contribution in [2.45, 2.75) is 51.4 Å². The van der Waals surface area contributed by atoms with Gasteiger partial charge in [0.15, 0.2) is 11.3 Å². The normalized spacial score (nSPS) is 16.5. The van der Waals surface area contributed by atoms with E-state index in [4.69, 9.17) is 9.72 Å². The highest BCUT2D eigenvalue weighted by atomic mass is 16.5. The summed E-state index contributed by atoms with van der Waals surface area (Å²) in [6.07, 6.45) is 17.6. The van der Waals surface area contributed by atoms with Gasteiger partial charge in [-0.2, -0.15) is 0 Å². The van der Waals surface area contributed by atoms with E-state index in [9.17, 15) is 0 Å². The summed E-state index contributed by atoms with van der Waals surface area (Å²) in [6, 6.07) is 0. The third-order valence-corrected chi connectivity index (χ3v) is 5.20.